The number of imide groups is 1. The van der Waals surface area contributed by atoms with Crippen LogP contribution in [0.4, 0.5) is 4.79 Å². The summed E-state index contributed by atoms with van der Waals surface area (Å²) in [7, 11) is 0. The Hall–Kier alpha value is -1.40. The predicted octanol–water partition coefficient (Wildman–Crippen LogP) is 2.08. The first-order valence-electron chi connectivity index (χ1n) is 6.09. The molecule has 0 aromatic heterocycles. The maximum atomic E-state index is 12.2. The molecule has 0 radical (unpaired) electrons. The molecular weight excluding hydrogens is 312 g/mol. The second-order valence-corrected chi connectivity index (χ2v) is 4.95. The van der Waals surface area contributed by atoms with Crippen LogP contribution in [-0.2, 0) is 9.53 Å². The average molecular weight is 327 g/mol. The van der Waals surface area contributed by atoms with Crippen molar-refractivity contribution in [3.05, 3.63) is 34.3 Å². The van der Waals surface area contributed by atoms with Crippen molar-refractivity contribution in [3.8, 4) is 0 Å². The van der Waals surface area contributed by atoms with Crippen molar-refractivity contribution in [1.82, 2.24) is 10.2 Å². The van der Waals surface area contributed by atoms with E-state index in [4.69, 9.17) is 4.74 Å². The van der Waals surface area contributed by atoms with Crippen LogP contribution in [-0.4, -0.2) is 36.6 Å². The van der Waals surface area contributed by atoms with Crippen LogP contribution in [0, 0.1) is 0 Å². The highest BCUT2D eigenvalue weighted by Gasteiger charge is 2.39. The summed E-state index contributed by atoms with van der Waals surface area (Å²) >= 11 is 3.39. The van der Waals surface area contributed by atoms with Crippen molar-refractivity contribution >= 4 is 27.9 Å². The molecule has 1 atom stereocenters. The number of amides is 3. The monoisotopic (exact) mass is 326 g/mol. The lowest BCUT2D eigenvalue weighted by atomic mass is 10.1. The van der Waals surface area contributed by atoms with Crippen LogP contribution < -0.4 is 5.32 Å². The molecule has 1 fully saturated rings. The largest absolute Gasteiger partial charge is 0.380 e. The minimum absolute atomic E-state index is 0.239. The molecule has 5 nitrogen and oxygen atoms in total. The topological polar surface area (TPSA) is 58.6 Å². The maximum absolute atomic E-state index is 12.2. The molecule has 1 N–H and O–H groups in total. The van der Waals surface area contributed by atoms with Crippen molar-refractivity contribution in [2.45, 2.75) is 13.0 Å². The SMILES string of the molecule is CCOCCN1C(=O)N[C@@H](c2ccccc2Br)C1=O. The van der Waals surface area contributed by atoms with Gasteiger partial charge in [0, 0.05) is 11.1 Å². The molecule has 0 unspecified atom stereocenters. The number of benzene rings is 1. The molecule has 6 heteroatoms. The van der Waals surface area contributed by atoms with Gasteiger partial charge in [0.05, 0.1) is 13.2 Å². The van der Waals surface area contributed by atoms with Crippen molar-refractivity contribution in [3.63, 3.8) is 0 Å². The predicted molar refractivity (Wildman–Crippen MR) is 73.6 cm³/mol. The molecule has 1 aliphatic rings. The summed E-state index contributed by atoms with van der Waals surface area (Å²) in [4.78, 5) is 25.2. The lowest BCUT2D eigenvalue weighted by Crippen LogP contribution is -2.34. The minimum atomic E-state index is -0.621. The van der Waals surface area contributed by atoms with E-state index in [9.17, 15) is 9.59 Å². The smallest absolute Gasteiger partial charge is 0.325 e. The Bertz CT molecular complexity index is 493. The second kappa shape index (κ2) is 6.16. The lowest BCUT2D eigenvalue weighted by Gasteiger charge is -2.13. The highest BCUT2D eigenvalue weighted by molar-refractivity contribution is 9.10. The van der Waals surface area contributed by atoms with Crippen molar-refractivity contribution in [2.24, 2.45) is 0 Å². The van der Waals surface area contributed by atoms with Gasteiger partial charge in [-0.1, -0.05) is 34.1 Å². The second-order valence-electron chi connectivity index (χ2n) is 4.09. The standard InChI is InChI=1S/C13H15BrN2O3/c1-2-19-8-7-16-12(17)11(15-13(16)18)9-5-3-4-6-10(9)14/h3-6,11H,2,7-8H2,1H3,(H,15,18)/t11-/m0/s1. The quantitative estimate of drug-likeness (QED) is 0.665. The summed E-state index contributed by atoms with van der Waals surface area (Å²) < 4.78 is 5.98. The first kappa shape index (κ1) is 14.0. The summed E-state index contributed by atoms with van der Waals surface area (Å²) in [5.74, 6) is -0.239. The van der Waals surface area contributed by atoms with Crippen LogP contribution in [0.3, 0.4) is 0 Å². The van der Waals surface area contributed by atoms with Gasteiger partial charge < -0.3 is 10.1 Å². The molecule has 102 valence electrons. The molecule has 0 bridgehead atoms. The van der Waals surface area contributed by atoms with Gasteiger partial charge in [-0.05, 0) is 18.6 Å². The molecule has 0 spiro atoms. The zero-order valence-electron chi connectivity index (χ0n) is 10.6. The van der Waals surface area contributed by atoms with Gasteiger partial charge in [-0.2, -0.15) is 0 Å². The number of rotatable bonds is 5. The minimum Gasteiger partial charge on any atom is -0.380 e. The van der Waals surface area contributed by atoms with Gasteiger partial charge in [0.15, 0.2) is 0 Å². The van der Waals surface area contributed by atoms with Crippen LogP contribution >= 0.6 is 15.9 Å². The summed E-state index contributed by atoms with van der Waals surface area (Å²) in [5, 5.41) is 2.69. The molecule has 19 heavy (non-hydrogen) atoms. The number of carbonyl (C=O) groups is 2. The third-order valence-electron chi connectivity index (χ3n) is 2.91. The van der Waals surface area contributed by atoms with Crippen molar-refractivity contribution in [1.29, 1.82) is 0 Å². The van der Waals surface area contributed by atoms with Gasteiger partial charge in [-0.3, -0.25) is 9.69 Å². The number of nitrogens with one attached hydrogen (secondary N) is 1. The number of halogens is 1. The molecule has 1 aromatic rings. The fourth-order valence-corrected chi connectivity index (χ4v) is 2.46. The summed E-state index contributed by atoms with van der Waals surface area (Å²) in [5.41, 5.74) is 0.764. The fourth-order valence-electron chi connectivity index (χ4n) is 1.95. The summed E-state index contributed by atoms with van der Waals surface area (Å²) in [6.07, 6.45) is 0. The average Bonchev–Trinajstić information content (AvgIpc) is 2.67. The lowest BCUT2D eigenvalue weighted by molar-refractivity contribution is -0.128. The Labute approximate surface area is 120 Å². The molecule has 2 rings (SSSR count). The first-order chi connectivity index (χ1) is 9.15. The highest BCUT2D eigenvalue weighted by atomic mass is 79.9. The zero-order valence-corrected chi connectivity index (χ0v) is 12.1. The van der Waals surface area contributed by atoms with Gasteiger partial charge in [0.1, 0.15) is 6.04 Å². The molecule has 1 saturated heterocycles. The Morgan fingerprint density at radius 1 is 1.37 bits per heavy atom. The normalized spacial score (nSPS) is 18.8. The summed E-state index contributed by atoms with van der Waals surface area (Å²) in [6.45, 7) is 3.07. The zero-order chi connectivity index (χ0) is 13.8. The Balaban J connectivity index is 2.12. The van der Waals surface area contributed by atoms with Gasteiger partial charge in [0.2, 0.25) is 0 Å². The van der Waals surface area contributed by atoms with E-state index in [0.29, 0.717) is 13.2 Å². The van der Waals surface area contributed by atoms with E-state index in [1.54, 1.807) is 0 Å². The van der Waals surface area contributed by atoms with E-state index in [2.05, 4.69) is 21.2 Å². The Morgan fingerprint density at radius 3 is 2.79 bits per heavy atom. The third-order valence-corrected chi connectivity index (χ3v) is 3.63. The van der Waals surface area contributed by atoms with Crippen LogP contribution in [0.25, 0.3) is 0 Å². The first-order valence-corrected chi connectivity index (χ1v) is 6.88. The molecule has 0 aliphatic carbocycles. The number of nitrogens with zero attached hydrogens (tertiary/aromatic N) is 1. The number of hydrogen-bond donors (Lipinski definition) is 1. The van der Waals surface area contributed by atoms with Crippen molar-refractivity contribution in [2.75, 3.05) is 19.8 Å². The van der Waals surface area contributed by atoms with Crippen LogP contribution in [0.2, 0.25) is 0 Å². The third kappa shape index (κ3) is 2.96. The van der Waals surface area contributed by atoms with Gasteiger partial charge in [-0.25, -0.2) is 4.79 Å². The Kier molecular flexibility index (Phi) is 4.55. The number of ether oxygens (including phenoxy) is 1. The molecule has 1 aromatic carbocycles. The van der Waals surface area contributed by atoms with Crippen molar-refractivity contribution < 1.29 is 14.3 Å². The fraction of sp³-hybridized carbons (Fsp3) is 0.385. The van der Waals surface area contributed by atoms with E-state index in [1.807, 2.05) is 31.2 Å². The van der Waals surface area contributed by atoms with Gasteiger partial charge in [-0.15, -0.1) is 0 Å². The number of hydrogen-bond acceptors (Lipinski definition) is 3. The van der Waals surface area contributed by atoms with E-state index < -0.39 is 6.04 Å². The van der Waals surface area contributed by atoms with Gasteiger partial charge in [0.25, 0.3) is 5.91 Å². The molecule has 1 heterocycles. The molecule has 1 aliphatic heterocycles. The maximum Gasteiger partial charge on any atom is 0.325 e. The molecular formula is C13H15BrN2O3. The molecule has 0 saturated carbocycles. The van der Waals surface area contributed by atoms with Gasteiger partial charge >= 0.3 is 6.03 Å². The number of urea groups is 1. The van der Waals surface area contributed by atoms with E-state index >= 15 is 0 Å². The van der Waals surface area contributed by atoms with Crippen LogP contribution in [0.1, 0.15) is 18.5 Å². The molecule has 3 amide bonds. The summed E-state index contributed by atoms with van der Waals surface area (Å²) in [6, 6.07) is 6.37. The highest BCUT2D eigenvalue weighted by Crippen LogP contribution is 2.27. The number of carbonyl (C=O) groups excluding carboxylic acids is 2. The Morgan fingerprint density at radius 2 is 2.11 bits per heavy atom. The van der Waals surface area contributed by atoms with E-state index in [-0.39, 0.29) is 18.5 Å². The van der Waals surface area contributed by atoms with E-state index in [0.717, 1.165) is 10.0 Å². The van der Waals surface area contributed by atoms with Crippen LogP contribution in [0.5, 0.6) is 0 Å². The van der Waals surface area contributed by atoms with E-state index in [1.165, 1.54) is 4.90 Å². The van der Waals surface area contributed by atoms with Crippen LogP contribution in [0.15, 0.2) is 28.7 Å².